The molecule has 1 unspecified atom stereocenters. The molecule has 2 N–H and O–H groups in total. The molecule has 1 aliphatic carbocycles. The number of hydrogen-bond acceptors (Lipinski definition) is 2. The van der Waals surface area contributed by atoms with E-state index in [2.05, 4.69) is 17.4 Å². The fraction of sp³-hybridized carbons (Fsp3) is 0.556. The van der Waals surface area contributed by atoms with Gasteiger partial charge in [0.2, 0.25) is 5.91 Å². The van der Waals surface area contributed by atoms with Gasteiger partial charge in [0, 0.05) is 12.8 Å². The molecule has 1 aromatic rings. The van der Waals surface area contributed by atoms with Gasteiger partial charge in [-0.1, -0.05) is 49.6 Å². The van der Waals surface area contributed by atoms with E-state index in [4.69, 9.17) is 5.11 Å². The summed E-state index contributed by atoms with van der Waals surface area (Å²) in [5, 5.41) is 11.7. The van der Waals surface area contributed by atoms with E-state index in [1.165, 1.54) is 19.3 Å². The quantitative estimate of drug-likeness (QED) is 0.684. The first-order valence-corrected chi connectivity index (χ1v) is 8.21. The topological polar surface area (TPSA) is 66.4 Å². The van der Waals surface area contributed by atoms with E-state index in [1.807, 2.05) is 18.2 Å². The van der Waals surface area contributed by atoms with E-state index in [0.717, 1.165) is 17.9 Å². The maximum absolute atomic E-state index is 12.1. The third-order valence-electron chi connectivity index (χ3n) is 4.38. The van der Waals surface area contributed by atoms with Gasteiger partial charge >= 0.3 is 5.97 Å². The summed E-state index contributed by atoms with van der Waals surface area (Å²) in [7, 11) is 0. The van der Waals surface area contributed by atoms with Crippen LogP contribution in [0.15, 0.2) is 30.3 Å². The molecule has 4 heteroatoms. The highest BCUT2D eigenvalue weighted by Crippen LogP contribution is 2.34. The lowest BCUT2D eigenvalue weighted by Crippen LogP contribution is -2.31. The van der Waals surface area contributed by atoms with Crippen molar-refractivity contribution in [3.8, 4) is 0 Å². The highest BCUT2D eigenvalue weighted by molar-refractivity contribution is 5.76. The molecule has 0 radical (unpaired) electrons. The first-order chi connectivity index (χ1) is 10.6. The molecule has 0 saturated heterocycles. The van der Waals surface area contributed by atoms with Crippen LogP contribution < -0.4 is 5.32 Å². The van der Waals surface area contributed by atoms with Crippen LogP contribution in [-0.4, -0.2) is 17.0 Å². The molecule has 2 rings (SSSR count). The average molecular weight is 303 g/mol. The van der Waals surface area contributed by atoms with Crippen molar-refractivity contribution in [1.82, 2.24) is 5.32 Å². The summed E-state index contributed by atoms with van der Waals surface area (Å²) in [5.74, 6) is -0.0522. The molecule has 1 atom stereocenters. The van der Waals surface area contributed by atoms with Crippen molar-refractivity contribution >= 4 is 11.9 Å². The molecule has 0 aromatic heterocycles. The van der Waals surface area contributed by atoms with Crippen LogP contribution in [0.1, 0.15) is 63.0 Å². The number of rotatable bonds is 9. The molecule has 0 spiro atoms. The Hall–Kier alpha value is -1.84. The van der Waals surface area contributed by atoms with Crippen molar-refractivity contribution in [3.05, 3.63) is 35.9 Å². The minimum absolute atomic E-state index is 0.0264. The molecular formula is C18H25NO3. The van der Waals surface area contributed by atoms with Crippen molar-refractivity contribution < 1.29 is 14.7 Å². The molecule has 1 aromatic carbocycles. The van der Waals surface area contributed by atoms with Crippen LogP contribution in [-0.2, 0) is 9.59 Å². The zero-order valence-corrected chi connectivity index (χ0v) is 13.0. The maximum atomic E-state index is 12.1. The van der Waals surface area contributed by atoms with Crippen molar-refractivity contribution in [1.29, 1.82) is 0 Å². The number of unbranched alkanes of at least 4 members (excludes halogenated alkanes) is 1. The Morgan fingerprint density at radius 3 is 2.41 bits per heavy atom. The standard InChI is InChI=1S/C18H25NO3/c20-17(11-4-5-12-18(21)22)19-16(13-14-7-6-8-14)15-9-2-1-3-10-15/h1-3,9-10,14,16H,4-8,11-13H2,(H,19,20)(H,21,22). The van der Waals surface area contributed by atoms with Gasteiger partial charge in [-0.2, -0.15) is 0 Å². The zero-order chi connectivity index (χ0) is 15.8. The van der Waals surface area contributed by atoms with Crippen LogP contribution in [0, 0.1) is 5.92 Å². The summed E-state index contributed by atoms with van der Waals surface area (Å²) >= 11 is 0. The monoisotopic (exact) mass is 303 g/mol. The van der Waals surface area contributed by atoms with Crippen molar-refractivity contribution in [2.45, 2.75) is 57.4 Å². The Balaban J connectivity index is 1.83. The second kappa shape index (κ2) is 8.57. The number of benzene rings is 1. The van der Waals surface area contributed by atoms with Crippen molar-refractivity contribution in [2.24, 2.45) is 5.92 Å². The summed E-state index contributed by atoms with van der Waals surface area (Å²) in [5.41, 5.74) is 1.16. The van der Waals surface area contributed by atoms with E-state index in [1.54, 1.807) is 0 Å². The molecule has 1 aliphatic rings. The second-order valence-electron chi connectivity index (χ2n) is 6.16. The van der Waals surface area contributed by atoms with E-state index >= 15 is 0 Å². The summed E-state index contributed by atoms with van der Waals surface area (Å²) in [6.45, 7) is 0. The number of carbonyl (C=O) groups excluding carboxylic acids is 1. The lowest BCUT2D eigenvalue weighted by Gasteiger charge is -2.30. The minimum Gasteiger partial charge on any atom is -0.481 e. The number of hydrogen-bond donors (Lipinski definition) is 2. The van der Waals surface area contributed by atoms with Crippen molar-refractivity contribution in [2.75, 3.05) is 0 Å². The van der Waals surface area contributed by atoms with Crippen LogP contribution in [0.2, 0.25) is 0 Å². The largest absolute Gasteiger partial charge is 0.481 e. The molecule has 1 fully saturated rings. The molecule has 0 aliphatic heterocycles. The van der Waals surface area contributed by atoms with Gasteiger partial charge in [-0.3, -0.25) is 9.59 Å². The highest BCUT2D eigenvalue weighted by Gasteiger charge is 2.24. The van der Waals surface area contributed by atoms with E-state index in [9.17, 15) is 9.59 Å². The maximum Gasteiger partial charge on any atom is 0.303 e. The van der Waals surface area contributed by atoms with Crippen LogP contribution in [0.3, 0.4) is 0 Å². The lowest BCUT2D eigenvalue weighted by atomic mass is 9.79. The molecule has 1 saturated carbocycles. The smallest absolute Gasteiger partial charge is 0.303 e. The van der Waals surface area contributed by atoms with Gasteiger partial charge in [0.15, 0.2) is 0 Å². The van der Waals surface area contributed by atoms with Gasteiger partial charge in [-0.15, -0.1) is 0 Å². The number of nitrogens with one attached hydrogen (secondary N) is 1. The number of carboxylic acids is 1. The molecule has 4 nitrogen and oxygen atoms in total. The third-order valence-corrected chi connectivity index (χ3v) is 4.38. The van der Waals surface area contributed by atoms with E-state index in [0.29, 0.717) is 19.3 Å². The first kappa shape index (κ1) is 16.5. The third kappa shape index (κ3) is 5.51. The molecular weight excluding hydrogens is 278 g/mol. The predicted molar refractivity (Wildman–Crippen MR) is 85.4 cm³/mol. The zero-order valence-electron chi connectivity index (χ0n) is 13.0. The van der Waals surface area contributed by atoms with Gasteiger partial charge in [0.1, 0.15) is 0 Å². The summed E-state index contributed by atoms with van der Waals surface area (Å²) in [6.07, 6.45) is 6.55. The van der Waals surface area contributed by atoms with Crippen LogP contribution in [0.5, 0.6) is 0 Å². The average Bonchev–Trinajstić information content (AvgIpc) is 2.46. The number of carbonyl (C=O) groups is 2. The van der Waals surface area contributed by atoms with Gasteiger partial charge in [0.05, 0.1) is 6.04 Å². The van der Waals surface area contributed by atoms with Gasteiger partial charge in [-0.05, 0) is 30.7 Å². The summed E-state index contributed by atoms with van der Waals surface area (Å²) in [6, 6.07) is 10.2. The second-order valence-corrected chi connectivity index (χ2v) is 6.16. The van der Waals surface area contributed by atoms with E-state index in [-0.39, 0.29) is 18.4 Å². The first-order valence-electron chi connectivity index (χ1n) is 8.21. The van der Waals surface area contributed by atoms with Gasteiger partial charge in [-0.25, -0.2) is 0 Å². The number of carboxylic acid groups (broad SMARTS) is 1. The van der Waals surface area contributed by atoms with E-state index < -0.39 is 5.97 Å². The molecule has 0 bridgehead atoms. The molecule has 0 heterocycles. The fourth-order valence-corrected chi connectivity index (χ4v) is 2.85. The minimum atomic E-state index is -0.799. The highest BCUT2D eigenvalue weighted by atomic mass is 16.4. The number of amides is 1. The summed E-state index contributed by atoms with van der Waals surface area (Å²) in [4.78, 5) is 22.6. The Bertz CT molecular complexity index is 482. The normalized spacial score (nSPS) is 15.8. The Morgan fingerprint density at radius 1 is 1.14 bits per heavy atom. The SMILES string of the molecule is O=C(O)CCCCC(=O)NC(CC1CCC1)c1ccccc1. The lowest BCUT2D eigenvalue weighted by molar-refractivity contribution is -0.137. The molecule has 1 amide bonds. The fourth-order valence-electron chi connectivity index (χ4n) is 2.85. The summed E-state index contributed by atoms with van der Waals surface area (Å²) < 4.78 is 0. The predicted octanol–water partition coefficient (Wildman–Crippen LogP) is 3.68. The van der Waals surface area contributed by atoms with Crippen LogP contribution in [0.4, 0.5) is 0 Å². The Morgan fingerprint density at radius 2 is 1.82 bits per heavy atom. The van der Waals surface area contributed by atoms with Crippen LogP contribution in [0.25, 0.3) is 0 Å². The Kier molecular flexibility index (Phi) is 6.44. The Labute approximate surface area is 131 Å². The molecule has 120 valence electrons. The van der Waals surface area contributed by atoms with Gasteiger partial charge < -0.3 is 10.4 Å². The van der Waals surface area contributed by atoms with Crippen LogP contribution >= 0.6 is 0 Å². The van der Waals surface area contributed by atoms with Gasteiger partial charge in [0.25, 0.3) is 0 Å². The molecule has 22 heavy (non-hydrogen) atoms. The van der Waals surface area contributed by atoms with Crippen molar-refractivity contribution in [3.63, 3.8) is 0 Å². The number of aliphatic carboxylic acids is 1.